The van der Waals surface area contributed by atoms with Gasteiger partial charge < -0.3 is 22.2 Å². The smallest absolute Gasteiger partial charge is 0.478 e. The van der Waals surface area contributed by atoms with Crippen molar-refractivity contribution in [2.75, 3.05) is 0 Å². The molecular weight excluding hydrogens is 453 g/mol. The van der Waals surface area contributed by atoms with E-state index in [1.165, 1.54) is 0 Å². The molecule has 1 N–H and O–H groups in total. The molecule has 0 fully saturated rings. The predicted molar refractivity (Wildman–Crippen MR) is 130 cm³/mol. The highest BCUT2D eigenvalue weighted by atomic mass is 28.5. The highest BCUT2D eigenvalue weighted by Gasteiger charge is 2.68. The van der Waals surface area contributed by atoms with E-state index in [1.807, 2.05) is 13.8 Å². The summed E-state index contributed by atoms with van der Waals surface area (Å²) in [6.45, 7) is 22.6. The van der Waals surface area contributed by atoms with Gasteiger partial charge in [0.2, 0.25) is 0 Å². The van der Waals surface area contributed by atoms with Crippen LogP contribution < -0.4 is 0 Å². The lowest BCUT2D eigenvalue weighted by molar-refractivity contribution is -0.158. The normalized spacial score (nSPS) is 16.1. The SMILES string of the molecule is CC(C)C(CC(C)(C)C)(OC(=O)/C=C/C(=O)O)[Si](O[SiH3])(O[Si](C)(C)C)O[Si](C)(C)C. The molecule has 1 atom stereocenters. The second-order valence-corrected chi connectivity index (χ2v) is 24.7. The summed E-state index contributed by atoms with van der Waals surface area (Å²) in [5, 5.41) is 7.78. The van der Waals surface area contributed by atoms with Crippen LogP contribution in [0.15, 0.2) is 12.2 Å². The third-order valence-corrected chi connectivity index (χ3v) is 15.1. The van der Waals surface area contributed by atoms with Crippen molar-refractivity contribution in [3.8, 4) is 0 Å². The van der Waals surface area contributed by atoms with Gasteiger partial charge in [-0.2, -0.15) is 0 Å². The zero-order valence-corrected chi connectivity index (χ0v) is 25.8. The van der Waals surface area contributed by atoms with Gasteiger partial charge in [-0.05, 0) is 57.0 Å². The van der Waals surface area contributed by atoms with Crippen molar-refractivity contribution in [2.45, 2.75) is 85.5 Å². The predicted octanol–water partition coefficient (Wildman–Crippen LogP) is 3.48. The summed E-state index contributed by atoms with van der Waals surface area (Å²) in [5.41, 5.74) is -0.231. The zero-order chi connectivity index (χ0) is 24.2. The first kappa shape index (κ1) is 29.4. The number of carbonyl (C=O) groups excluding carboxylic acids is 1. The van der Waals surface area contributed by atoms with Crippen LogP contribution in [0.1, 0.15) is 41.0 Å². The first-order chi connectivity index (χ1) is 13.2. The number of aliphatic carboxylic acids is 1. The summed E-state index contributed by atoms with van der Waals surface area (Å²) in [7, 11) is -7.56. The lowest BCUT2D eigenvalue weighted by Crippen LogP contribution is -2.74. The van der Waals surface area contributed by atoms with Gasteiger partial charge in [0.25, 0.3) is 0 Å². The lowest BCUT2D eigenvalue weighted by Gasteiger charge is -2.52. The lowest BCUT2D eigenvalue weighted by atomic mass is 9.85. The molecule has 0 amide bonds. The van der Waals surface area contributed by atoms with E-state index in [9.17, 15) is 9.59 Å². The van der Waals surface area contributed by atoms with Crippen molar-refractivity contribution in [2.24, 2.45) is 11.3 Å². The second kappa shape index (κ2) is 10.4. The fraction of sp³-hybridized carbons (Fsp3) is 0.789. The number of carbonyl (C=O) groups is 2. The zero-order valence-electron chi connectivity index (χ0n) is 20.8. The minimum atomic E-state index is -3.55. The number of ether oxygens (including phenoxy) is 1. The molecule has 0 spiro atoms. The minimum absolute atomic E-state index is 0.174. The minimum Gasteiger partial charge on any atom is -0.478 e. The molecule has 0 bridgehead atoms. The van der Waals surface area contributed by atoms with Crippen molar-refractivity contribution in [1.29, 1.82) is 0 Å². The van der Waals surface area contributed by atoms with Crippen molar-refractivity contribution in [1.82, 2.24) is 0 Å². The maximum Gasteiger partial charge on any atom is 0.515 e. The maximum absolute atomic E-state index is 12.8. The van der Waals surface area contributed by atoms with Gasteiger partial charge in [-0.15, -0.1) is 0 Å². The van der Waals surface area contributed by atoms with Crippen molar-refractivity contribution in [3.05, 3.63) is 12.2 Å². The Kier molecular flexibility index (Phi) is 10.2. The van der Waals surface area contributed by atoms with Gasteiger partial charge in [-0.1, -0.05) is 34.6 Å². The van der Waals surface area contributed by atoms with Crippen LogP contribution in [-0.2, 0) is 26.7 Å². The molecular formula is C19H42O7Si4. The molecule has 11 heteroatoms. The molecule has 7 nitrogen and oxygen atoms in total. The largest absolute Gasteiger partial charge is 0.515 e. The molecule has 30 heavy (non-hydrogen) atoms. The van der Waals surface area contributed by atoms with Crippen LogP contribution >= 0.6 is 0 Å². The van der Waals surface area contributed by atoms with E-state index in [4.69, 9.17) is 22.2 Å². The molecule has 0 saturated carbocycles. The molecule has 0 heterocycles. The number of carboxylic acid groups (broad SMARTS) is 1. The summed E-state index contributed by atoms with van der Waals surface area (Å²) in [6.07, 6.45) is 2.19. The summed E-state index contributed by atoms with van der Waals surface area (Å²) >= 11 is 0. The molecule has 176 valence electrons. The number of hydrogen-bond donors (Lipinski definition) is 1. The fourth-order valence-corrected chi connectivity index (χ4v) is 16.9. The van der Waals surface area contributed by atoms with E-state index in [0.717, 1.165) is 12.2 Å². The topological polar surface area (TPSA) is 91.3 Å². The van der Waals surface area contributed by atoms with Crippen LogP contribution in [0.25, 0.3) is 0 Å². The highest BCUT2D eigenvalue weighted by Crippen LogP contribution is 2.45. The van der Waals surface area contributed by atoms with Gasteiger partial charge in [0.1, 0.15) is 10.5 Å². The van der Waals surface area contributed by atoms with E-state index in [1.54, 1.807) is 0 Å². The van der Waals surface area contributed by atoms with Gasteiger partial charge in [0.05, 0.1) is 0 Å². The maximum atomic E-state index is 12.8. The second-order valence-electron chi connectivity index (χ2n) is 11.1. The molecule has 0 saturated heterocycles. The van der Waals surface area contributed by atoms with E-state index in [0.29, 0.717) is 16.9 Å². The van der Waals surface area contributed by atoms with E-state index < -0.39 is 42.6 Å². The molecule has 0 rings (SSSR count). The van der Waals surface area contributed by atoms with Crippen LogP contribution in [0.5, 0.6) is 0 Å². The van der Waals surface area contributed by atoms with E-state index >= 15 is 0 Å². The summed E-state index contributed by atoms with van der Waals surface area (Å²) in [5.74, 6) is -2.12. The molecule has 0 aliphatic rings. The van der Waals surface area contributed by atoms with Crippen LogP contribution in [0.2, 0.25) is 39.3 Å². The molecule has 0 aliphatic heterocycles. The van der Waals surface area contributed by atoms with Gasteiger partial charge in [-0.3, -0.25) is 0 Å². The van der Waals surface area contributed by atoms with Crippen LogP contribution in [0.3, 0.4) is 0 Å². The molecule has 0 aromatic rings. The molecule has 0 aromatic heterocycles. The van der Waals surface area contributed by atoms with Gasteiger partial charge >= 0.3 is 20.7 Å². The van der Waals surface area contributed by atoms with Gasteiger partial charge in [0, 0.05) is 12.2 Å². The number of carboxylic acids is 1. The fourth-order valence-electron chi connectivity index (χ4n) is 3.28. The van der Waals surface area contributed by atoms with Crippen LogP contribution in [-0.4, -0.2) is 58.2 Å². The Bertz CT molecular complexity index is 614. The van der Waals surface area contributed by atoms with E-state index in [-0.39, 0.29) is 11.3 Å². The third kappa shape index (κ3) is 9.28. The standard InChI is InChI=1S/C19H42O7Si4/c1-15(2)19(14-18(3,4)5,23-17(22)13-12-16(20)21)30(24-27,25-28(6,7)8)26-29(9,10)11/h12-13,15H,14H2,1-11,27H3,(H,20,21)/b13-12+. The van der Waals surface area contributed by atoms with Gasteiger partial charge in [0.15, 0.2) is 21.9 Å². The molecule has 1 unspecified atom stereocenters. The van der Waals surface area contributed by atoms with Crippen molar-refractivity contribution >= 4 is 47.9 Å². The number of hydrogen-bond acceptors (Lipinski definition) is 6. The third-order valence-electron chi connectivity index (χ3n) is 4.04. The summed E-state index contributed by atoms with van der Waals surface area (Å²) in [6, 6.07) is 0. The van der Waals surface area contributed by atoms with Crippen LogP contribution in [0, 0.1) is 11.3 Å². The Hall–Kier alpha value is -0.572. The van der Waals surface area contributed by atoms with Crippen LogP contribution in [0.4, 0.5) is 0 Å². The quantitative estimate of drug-likeness (QED) is 0.267. The van der Waals surface area contributed by atoms with Crippen molar-refractivity contribution < 1.29 is 31.8 Å². The Labute approximate surface area is 188 Å². The first-order valence-corrected chi connectivity index (χ1v) is 19.6. The molecule has 0 radical (unpaired) electrons. The van der Waals surface area contributed by atoms with Crippen molar-refractivity contribution in [3.63, 3.8) is 0 Å². The van der Waals surface area contributed by atoms with E-state index in [2.05, 4.69) is 60.1 Å². The Morgan fingerprint density at radius 1 is 0.967 bits per heavy atom. The summed E-state index contributed by atoms with van der Waals surface area (Å²) in [4.78, 5) is 23.7. The number of rotatable bonds is 11. The average molecular weight is 495 g/mol. The Balaban J connectivity index is 6.91. The first-order valence-electron chi connectivity index (χ1n) is 10.3. The number of esters is 1. The van der Waals surface area contributed by atoms with Gasteiger partial charge in [-0.25, -0.2) is 9.59 Å². The Morgan fingerprint density at radius 2 is 1.40 bits per heavy atom. The molecule has 0 aliphatic carbocycles. The monoisotopic (exact) mass is 494 g/mol. The Morgan fingerprint density at radius 3 is 1.67 bits per heavy atom. The molecule has 0 aromatic carbocycles. The highest BCUT2D eigenvalue weighted by molar-refractivity contribution is 6.87. The average Bonchev–Trinajstić information content (AvgIpc) is 2.46. The summed E-state index contributed by atoms with van der Waals surface area (Å²) < 4.78 is 25.9.